The van der Waals surface area contributed by atoms with Gasteiger partial charge in [-0.3, -0.25) is 9.36 Å². The fourth-order valence-electron chi connectivity index (χ4n) is 2.50. The number of rotatable bonds is 2. The Morgan fingerprint density at radius 2 is 2.05 bits per heavy atom. The van der Waals surface area contributed by atoms with E-state index < -0.39 is 12.0 Å². The van der Waals surface area contributed by atoms with Crippen LogP contribution in [0.4, 0.5) is 0 Å². The topological polar surface area (TPSA) is 59.3 Å². The summed E-state index contributed by atoms with van der Waals surface area (Å²) in [5.41, 5.74) is 2.57. The molecule has 0 fully saturated rings. The van der Waals surface area contributed by atoms with Crippen LogP contribution < -0.4 is 5.56 Å². The lowest BCUT2D eigenvalue weighted by Gasteiger charge is -2.13. The minimum Gasteiger partial charge on any atom is -0.480 e. The summed E-state index contributed by atoms with van der Waals surface area (Å²) >= 11 is 1.44. The fraction of sp³-hybridized carbons (Fsp3) is 0.200. The molecule has 0 spiro atoms. The molecule has 0 saturated heterocycles. The molecule has 1 aliphatic rings. The minimum absolute atomic E-state index is 0.248. The molecule has 102 valence electrons. The highest BCUT2D eigenvalue weighted by Gasteiger charge is 2.31. The van der Waals surface area contributed by atoms with E-state index in [4.69, 9.17) is 0 Å². The zero-order chi connectivity index (χ0) is 14.3. The van der Waals surface area contributed by atoms with Gasteiger partial charge in [-0.1, -0.05) is 30.3 Å². The van der Waals surface area contributed by atoms with Crippen molar-refractivity contribution >= 4 is 17.7 Å². The maximum atomic E-state index is 12.3. The first-order chi connectivity index (χ1) is 9.59. The van der Waals surface area contributed by atoms with Crippen LogP contribution in [0.25, 0.3) is 11.1 Å². The third kappa shape index (κ3) is 1.94. The van der Waals surface area contributed by atoms with E-state index in [0.29, 0.717) is 5.75 Å². The molecule has 4 nitrogen and oxygen atoms in total. The Labute approximate surface area is 120 Å². The maximum Gasteiger partial charge on any atom is 0.327 e. The molecule has 2 aromatic rings. The number of aromatic nitrogens is 1. The molecule has 1 aromatic heterocycles. The van der Waals surface area contributed by atoms with E-state index in [1.54, 1.807) is 0 Å². The third-order valence-corrected chi connectivity index (χ3v) is 4.77. The van der Waals surface area contributed by atoms with E-state index >= 15 is 0 Å². The van der Waals surface area contributed by atoms with Gasteiger partial charge in [0.2, 0.25) is 0 Å². The molecule has 0 aliphatic carbocycles. The SMILES string of the molecule is Cc1c(-c2ccccc2)cc(=O)n2c1SCC2C(=O)O. The van der Waals surface area contributed by atoms with Crippen LogP contribution in [0.5, 0.6) is 0 Å². The summed E-state index contributed by atoms with van der Waals surface area (Å²) in [6.45, 7) is 1.94. The van der Waals surface area contributed by atoms with Crippen molar-refractivity contribution in [3.05, 3.63) is 52.3 Å². The molecule has 5 heteroatoms. The average Bonchev–Trinajstić information content (AvgIpc) is 2.89. The number of aliphatic carboxylic acids is 1. The van der Waals surface area contributed by atoms with Gasteiger partial charge in [0.05, 0.1) is 5.03 Å². The van der Waals surface area contributed by atoms with Crippen molar-refractivity contribution in [3.63, 3.8) is 0 Å². The second-order valence-corrected chi connectivity index (χ2v) is 5.74. The van der Waals surface area contributed by atoms with E-state index in [1.807, 2.05) is 37.3 Å². The summed E-state index contributed by atoms with van der Waals surface area (Å²) in [5, 5.41) is 9.96. The Bertz CT molecular complexity index is 737. The first-order valence-electron chi connectivity index (χ1n) is 6.27. The lowest BCUT2D eigenvalue weighted by Crippen LogP contribution is -2.28. The molecule has 3 rings (SSSR count). The second kappa shape index (κ2) is 4.83. The Hall–Kier alpha value is -2.01. The maximum absolute atomic E-state index is 12.3. The molecule has 0 amide bonds. The Morgan fingerprint density at radius 3 is 2.70 bits per heavy atom. The number of fused-ring (bicyclic) bond motifs is 1. The van der Waals surface area contributed by atoms with E-state index in [-0.39, 0.29) is 5.56 Å². The van der Waals surface area contributed by atoms with E-state index in [0.717, 1.165) is 21.7 Å². The van der Waals surface area contributed by atoms with Crippen molar-refractivity contribution in [1.82, 2.24) is 4.57 Å². The van der Waals surface area contributed by atoms with Crippen LogP contribution in [0.15, 0.2) is 46.2 Å². The average molecular weight is 287 g/mol. The van der Waals surface area contributed by atoms with Crippen molar-refractivity contribution in [2.45, 2.75) is 18.0 Å². The lowest BCUT2D eigenvalue weighted by molar-refractivity contribution is -0.140. The van der Waals surface area contributed by atoms with Gasteiger partial charge in [0, 0.05) is 11.8 Å². The summed E-state index contributed by atoms with van der Waals surface area (Å²) in [4.78, 5) is 23.5. The Balaban J connectivity index is 2.22. The first kappa shape index (κ1) is 13.0. The molecule has 1 aliphatic heterocycles. The molecule has 20 heavy (non-hydrogen) atoms. The second-order valence-electron chi connectivity index (χ2n) is 4.73. The third-order valence-electron chi connectivity index (χ3n) is 3.51. The zero-order valence-electron chi connectivity index (χ0n) is 10.9. The lowest BCUT2D eigenvalue weighted by atomic mass is 10.0. The summed E-state index contributed by atoms with van der Waals surface area (Å²) in [7, 11) is 0. The van der Waals surface area contributed by atoms with Gasteiger partial charge in [0.25, 0.3) is 5.56 Å². The first-order valence-corrected chi connectivity index (χ1v) is 7.25. The van der Waals surface area contributed by atoms with Gasteiger partial charge in [0.1, 0.15) is 6.04 Å². The van der Waals surface area contributed by atoms with Crippen molar-refractivity contribution in [1.29, 1.82) is 0 Å². The Morgan fingerprint density at radius 1 is 1.35 bits per heavy atom. The standard InChI is InChI=1S/C15H13NO3S/c1-9-11(10-5-3-2-4-6-10)7-13(17)16-12(15(18)19)8-20-14(9)16/h2-7,12H,8H2,1H3,(H,18,19). The van der Waals surface area contributed by atoms with Gasteiger partial charge < -0.3 is 5.11 Å². The summed E-state index contributed by atoms with van der Waals surface area (Å²) in [6, 6.07) is 10.5. The van der Waals surface area contributed by atoms with Gasteiger partial charge in [0.15, 0.2) is 0 Å². The number of carboxylic acid groups (broad SMARTS) is 1. The monoisotopic (exact) mass is 287 g/mol. The van der Waals surface area contributed by atoms with Crippen LogP contribution in [0.3, 0.4) is 0 Å². The highest BCUT2D eigenvalue weighted by molar-refractivity contribution is 7.99. The number of pyridine rings is 1. The smallest absolute Gasteiger partial charge is 0.327 e. The van der Waals surface area contributed by atoms with Crippen LogP contribution in [-0.2, 0) is 4.79 Å². The van der Waals surface area contributed by atoms with Gasteiger partial charge >= 0.3 is 5.97 Å². The van der Waals surface area contributed by atoms with Crippen molar-refractivity contribution < 1.29 is 9.90 Å². The van der Waals surface area contributed by atoms with Crippen molar-refractivity contribution in [2.75, 3.05) is 5.75 Å². The quantitative estimate of drug-likeness (QED) is 0.922. The van der Waals surface area contributed by atoms with Crippen LogP contribution in [0.2, 0.25) is 0 Å². The molecular formula is C15H13NO3S. The van der Waals surface area contributed by atoms with Gasteiger partial charge in [-0.15, -0.1) is 11.8 Å². The molecule has 1 aromatic carbocycles. The fourth-order valence-corrected chi connectivity index (χ4v) is 3.79. The number of benzene rings is 1. The number of carbonyl (C=O) groups is 1. The highest BCUT2D eigenvalue weighted by atomic mass is 32.2. The molecule has 1 atom stereocenters. The van der Waals surface area contributed by atoms with Crippen LogP contribution in [-0.4, -0.2) is 21.4 Å². The van der Waals surface area contributed by atoms with E-state index in [2.05, 4.69) is 0 Å². The summed E-state index contributed by atoms with van der Waals surface area (Å²) < 4.78 is 1.40. The largest absolute Gasteiger partial charge is 0.480 e. The van der Waals surface area contributed by atoms with Gasteiger partial charge in [-0.2, -0.15) is 0 Å². The Kier molecular flexibility index (Phi) is 3.14. The molecular weight excluding hydrogens is 274 g/mol. The van der Waals surface area contributed by atoms with Crippen LogP contribution in [0, 0.1) is 6.92 Å². The molecule has 0 bridgehead atoms. The molecule has 0 radical (unpaired) electrons. The van der Waals surface area contributed by atoms with Crippen LogP contribution >= 0.6 is 11.8 Å². The number of hydrogen-bond donors (Lipinski definition) is 1. The van der Waals surface area contributed by atoms with Gasteiger partial charge in [-0.25, -0.2) is 4.79 Å². The highest BCUT2D eigenvalue weighted by Crippen LogP contribution is 2.37. The number of nitrogens with zero attached hydrogens (tertiary/aromatic N) is 1. The minimum atomic E-state index is -0.954. The number of hydrogen-bond acceptors (Lipinski definition) is 3. The summed E-state index contributed by atoms with van der Waals surface area (Å²) in [6.07, 6.45) is 0. The normalized spacial score (nSPS) is 16.9. The van der Waals surface area contributed by atoms with Crippen LogP contribution in [0.1, 0.15) is 11.6 Å². The van der Waals surface area contributed by atoms with Crippen molar-refractivity contribution in [3.8, 4) is 11.1 Å². The zero-order valence-corrected chi connectivity index (χ0v) is 11.7. The predicted octanol–water partition coefficient (Wildman–Crippen LogP) is 2.56. The predicted molar refractivity (Wildman–Crippen MR) is 78.3 cm³/mol. The van der Waals surface area contributed by atoms with Gasteiger partial charge in [-0.05, 0) is 23.6 Å². The molecule has 1 unspecified atom stereocenters. The number of carboxylic acids is 1. The summed E-state index contributed by atoms with van der Waals surface area (Å²) in [5.74, 6) is -0.547. The van der Waals surface area contributed by atoms with Crippen molar-refractivity contribution in [2.24, 2.45) is 0 Å². The molecule has 2 heterocycles. The number of thioether (sulfide) groups is 1. The van der Waals surface area contributed by atoms with E-state index in [9.17, 15) is 14.7 Å². The molecule has 1 N–H and O–H groups in total. The molecule has 0 saturated carbocycles. The van der Waals surface area contributed by atoms with E-state index in [1.165, 1.54) is 22.4 Å².